The molecule has 0 fully saturated rings. The molecule has 3 aromatic rings. The van der Waals surface area contributed by atoms with Crippen molar-refractivity contribution in [3.8, 4) is 5.75 Å². The zero-order valence-electron chi connectivity index (χ0n) is 16.1. The molecule has 0 saturated carbocycles. The smallest absolute Gasteiger partial charge is 0.234 e. The SMILES string of the molecule is Cc1ccc(OC(C)c2nnc(SCC(=O)Nc3cccc(Cl)c3Cl)n2C)cc1. The zero-order valence-corrected chi connectivity index (χ0v) is 18.5. The van der Waals surface area contributed by atoms with Crippen LogP contribution in [0.1, 0.15) is 24.4 Å². The highest BCUT2D eigenvalue weighted by Gasteiger charge is 2.18. The Morgan fingerprint density at radius 3 is 2.66 bits per heavy atom. The summed E-state index contributed by atoms with van der Waals surface area (Å²) >= 11 is 13.3. The van der Waals surface area contributed by atoms with Gasteiger partial charge in [-0.15, -0.1) is 10.2 Å². The van der Waals surface area contributed by atoms with Crippen LogP contribution in [0.2, 0.25) is 10.0 Å². The average molecular weight is 451 g/mol. The molecule has 0 aliphatic rings. The largest absolute Gasteiger partial charge is 0.483 e. The van der Waals surface area contributed by atoms with E-state index in [0.29, 0.717) is 26.7 Å². The van der Waals surface area contributed by atoms with E-state index in [1.54, 1.807) is 18.2 Å². The van der Waals surface area contributed by atoms with Crippen molar-refractivity contribution < 1.29 is 9.53 Å². The molecule has 0 spiro atoms. The molecule has 0 aliphatic carbocycles. The van der Waals surface area contributed by atoms with Crippen LogP contribution >= 0.6 is 35.0 Å². The Morgan fingerprint density at radius 1 is 1.21 bits per heavy atom. The monoisotopic (exact) mass is 450 g/mol. The molecule has 6 nitrogen and oxygen atoms in total. The minimum Gasteiger partial charge on any atom is -0.483 e. The maximum atomic E-state index is 12.3. The molecule has 0 radical (unpaired) electrons. The first-order chi connectivity index (χ1) is 13.8. The summed E-state index contributed by atoms with van der Waals surface area (Å²) in [6.45, 7) is 3.93. The van der Waals surface area contributed by atoms with Gasteiger partial charge in [0.05, 0.1) is 21.5 Å². The van der Waals surface area contributed by atoms with Crippen LogP contribution in [0.5, 0.6) is 5.75 Å². The molecular formula is C20H20Cl2N4O2S. The molecule has 0 saturated heterocycles. The lowest BCUT2D eigenvalue weighted by Gasteiger charge is -2.14. The second kappa shape index (κ2) is 9.52. The molecule has 0 bridgehead atoms. The van der Waals surface area contributed by atoms with E-state index in [1.165, 1.54) is 17.3 Å². The lowest BCUT2D eigenvalue weighted by atomic mass is 10.2. The molecule has 1 heterocycles. The van der Waals surface area contributed by atoms with Gasteiger partial charge in [0.2, 0.25) is 5.91 Å². The Morgan fingerprint density at radius 2 is 1.93 bits per heavy atom. The Kier molecular flexibility index (Phi) is 7.05. The van der Waals surface area contributed by atoms with Crippen molar-refractivity contribution in [3.05, 3.63) is 63.9 Å². The summed E-state index contributed by atoms with van der Waals surface area (Å²) in [5, 5.41) is 12.5. The maximum absolute atomic E-state index is 12.3. The summed E-state index contributed by atoms with van der Waals surface area (Å²) in [4.78, 5) is 12.3. The number of carbonyl (C=O) groups excluding carboxylic acids is 1. The predicted molar refractivity (Wildman–Crippen MR) is 117 cm³/mol. The van der Waals surface area contributed by atoms with Crippen LogP contribution in [0.4, 0.5) is 5.69 Å². The summed E-state index contributed by atoms with van der Waals surface area (Å²) in [6.07, 6.45) is -0.288. The van der Waals surface area contributed by atoms with Crippen LogP contribution < -0.4 is 10.1 Å². The van der Waals surface area contributed by atoms with Crippen LogP contribution in [0.15, 0.2) is 47.6 Å². The minimum atomic E-state index is -0.288. The number of aryl methyl sites for hydroxylation is 1. The van der Waals surface area contributed by atoms with Gasteiger partial charge >= 0.3 is 0 Å². The zero-order chi connectivity index (χ0) is 21.0. The van der Waals surface area contributed by atoms with Gasteiger partial charge in [0.1, 0.15) is 5.75 Å². The first kappa shape index (κ1) is 21.5. The van der Waals surface area contributed by atoms with E-state index in [2.05, 4.69) is 15.5 Å². The van der Waals surface area contributed by atoms with Gasteiger partial charge in [0, 0.05) is 7.05 Å². The summed E-state index contributed by atoms with van der Waals surface area (Å²) in [5.41, 5.74) is 1.64. The van der Waals surface area contributed by atoms with Crippen LogP contribution in [-0.4, -0.2) is 26.4 Å². The van der Waals surface area contributed by atoms with Gasteiger partial charge in [-0.3, -0.25) is 4.79 Å². The van der Waals surface area contributed by atoms with Gasteiger partial charge in [-0.25, -0.2) is 0 Å². The van der Waals surface area contributed by atoms with Crippen LogP contribution in [0.25, 0.3) is 0 Å². The highest BCUT2D eigenvalue weighted by atomic mass is 35.5. The number of benzene rings is 2. The van der Waals surface area contributed by atoms with E-state index in [4.69, 9.17) is 27.9 Å². The Bertz CT molecular complexity index is 1010. The molecule has 0 aliphatic heterocycles. The molecule has 1 amide bonds. The lowest BCUT2D eigenvalue weighted by molar-refractivity contribution is -0.113. The molecule has 1 N–H and O–H groups in total. The number of ether oxygens (including phenoxy) is 1. The summed E-state index contributed by atoms with van der Waals surface area (Å²) in [6, 6.07) is 12.9. The molecule has 1 unspecified atom stereocenters. The maximum Gasteiger partial charge on any atom is 0.234 e. The summed E-state index contributed by atoms with van der Waals surface area (Å²) in [5.74, 6) is 1.37. The third kappa shape index (κ3) is 5.44. The molecule has 29 heavy (non-hydrogen) atoms. The predicted octanol–water partition coefficient (Wildman–Crippen LogP) is 5.30. The molecule has 9 heteroatoms. The van der Waals surface area contributed by atoms with Gasteiger partial charge in [-0.2, -0.15) is 0 Å². The third-order valence-corrected chi connectivity index (χ3v) is 5.96. The van der Waals surface area contributed by atoms with Crippen LogP contribution in [0, 0.1) is 6.92 Å². The van der Waals surface area contributed by atoms with Gasteiger partial charge in [0.25, 0.3) is 0 Å². The number of carbonyl (C=O) groups is 1. The average Bonchev–Trinajstić information content (AvgIpc) is 3.06. The minimum absolute atomic E-state index is 0.155. The lowest BCUT2D eigenvalue weighted by Crippen LogP contribution is -2.15. The number of hydrogen-bond acceptors (Lipinski definition) is 5. The van der Waals surface area contributed by atoms with Crippen molar-refractivity contribution in [2.24, 2.45) is 7.05 Å². The molecule has 2 aromatic carbocycles. The number of nitrogens with zero attached hydrogens (tertiary/aromatic N) is 3. The number of aromatic nitrogens is 3. The highest BCUT2D eigenvalue weighted by Crippen LogP contribution is 2.30. The number of halogens is 2. The summed E-state index contributed by atoms with van der Waals surface area (Å²) < 4.78 is 7.76. The first-order valence-electron chi connectivity index (χ1n) is 8.84. The molecule has 1 aromatic heterocycles. The number of thioether (sulfide) groups is 1. The van der Waals surface area contributed by atoms with E-state index in [0.717, 1.165) is 5.75 Å². The van der Waals surface area contributed by atoms with E-state index in [-0.39, 0.29) is 17.8 Å². The van der Waals surface area contributed by atoms with Crippen molar-refractivity contribution >= 4 is 46.6 Å². The third-order valence-electron chi connectivity index (χ3n) is 4.12. The topological polar surface area (TPSA) is 69.0 Å². The van der Waals surface area contributed by atoms with Crippen molar-refractivity contribution in [2.45, 2.75) is 25.1 Å². The van der Waals surface area contributed by atoms with Gasteiger partial charge in [0.15, 0.2) is 17.1 Å². The van der Waals surface area contributed by atoms with Crippen LogP contribution in [0.3, 0.4) is 0 Å². The van der Waals surface area contributed by atoms with Crippen molar-refractivity contribution in [3.63, 3.8) is 0 Å². The van der Waals surface area contributed by atoms with Crippen molar-refractivity contribution in [2.75, 3.05) is 11.1 Å². The van der Waals surface area contributed by atoms with Crippen LogP contribution in [-0.2, 0) is 11.8 Å². The second-order valence-corrected chi connectivity index (χ2v) is 8.14. The van der Waals surface area contributed by atoms with E-state index in [9.17, 15) is 4.79 Å². The normalized spacial score (nSPS) is 11.9. The molecule has 1 atom stereocenters. The first-order valence-corrected chi connectivity index (χ1v) is 10.6. The van der Waals surface area contributed by atoms with E-state index in [1.807, 2.05) is 49.7 Å². The van der Waals surface area contributed by atoms with Gasteiger partial charge in [-0.1, -0.05) is 58.7 Å². The van der Waals surface area contributed by atoms with Crippen molar-refractivity contribution in [1.82, 2.24) is 14.8 Å². The Hall–Kier alpha value is -2.22. The van der Waals surface area contributed by atoms with E-state index >= 15 is 0 Å². The number of amides is 1. The quantitative estimate of drug-likeness (QED) is 0.494. The fourth-order valence-electron chi connectivity index (χ4n) is 2.60. The molecule has 3 rings (SSSR count). The number of hydrogen-bond donors (Lipinski definition) is 1. The fourth-order valence-corrected chi connectivity index (χ4v) is 3.66. The van der Waals surface area contributed by atoms with E-state index < -0.39 is 0 Å². The molecule has 152 valence electrons. The molecular weight excluding hydrogens is 431 g/mol. The number of anilines is 1. The summed E-state index contributed by atoms with van der Waals surface area (Å²) in [7, 11) is 1.85. The number of rotatable bonds is 7. The Balaban J connectivity index is 1.59. The van der Waals surface area contributed by atoms with Gasteiger partial charge in [-0.05, 0) is 38.1 Å². The standard InChI is InChI=1S/C20H20Cl2N4O2S/c1-12-7-9-14(10-8-12)28-13(2)19-24-25-20(26(19)3)29-11-17(27)23-16-6-4-5-15(21)18(16)22/h4-10,13H,11H2,1-3H3,(H,23,27). The number of nitrogens with one attached hydrogen (secondary N) is 1. The fraction of sp³-hybridized carbons (Fsp3) is 0.250. The highest BCUT2D eigenvalue weighted by molar-refractivity contribution is 7.99. The van der Waals surface area contributed by atoms with Crippen molar-refractivity contribution in [1.29, 1.82) is 0 Å². The van der Waals surface area contributed by atoms with Gasteiger partial charge < -0.3 is 14.6 Å². The Labute approximate surface area is 183 Å². The second-order valence-electron chi connectivity index (χ2n) is 6.41.